The van der Waals surface area contributed by atoms with Crippen LogP contribution >= 0.6 is 11.3 Å². The Labute approximate surface area is 114 Å². The van der Waals surface area contributed by atoms with E-state index in [1.807, 2.05) is 35.7 Å². The fourth-order valence-corrected chi connectivity index (χ4v) is 2.54. The number of rotatable bonds is 4. The van der Waals surface area contributed by atoms with Crippen LogP contribution in [0.4, 0.5) is 0 Å². The van der Waals surface area contributed by atoms with E-state index in [0.29, 0.717) is 12.3 Å². The maximum absolute atomic E-state index is 8.87. The van der Waals surface area contributed by atoms with Gasteiger partial charge in [-0.1, -0.05) is 12.1 Å². The van der Waals surface area contributed by atoms with Crippen molar-refractivity contribution in [3.05, 3.63) is 47.6 Å². The Bertz CT molecular complexity index is 679. The number of nitrogens with zero attached hydrogens (tertiary/aromatic N) is 2. The van der Waals surface area contributed by atoms with E-state index in [0.717, 1.165) is 21.5 Å². The maximum atomic E-state index is 8.87. The van der Waals surface area contributed by atoms with Crippen molar-refractivity contribution >= 4 is 21.6 Å². The number of hydrogen-bond donors (Lipinski definition) is 1. The van der Waals surface area contributed by atoms with Crippen LogP contribution < -0.4 is 4.74 Å². The van der Waals surface area contributed by atoms with Crippen molar-refractivity contribution in [2.24, 2.45) is 0 Å². The van der Waals surface area contributed by atoms with Gasteiger partial charge < -0.3 is 9.84 Å². The number of aliphatic hydroxyl groups excluding tert-OH is 1. The summed E-state index contributed by atoms with van der Waals surface area (Å²) in [6, 6.07) is 9.60. The molecule has 0 saturated carbocycles. The van der Waals surface area contributed by atoms with Gasteiger partial charge in [0, 0.05) is 6.61 Å². The Morgan fingerprint density at radius 2 is 1.95 bits per heavy atom. The van der Waals surface area contributed by atoms with Crippen LogP contribution in [0.5, 0.6) is 11.6 Å². The smallest absolute Gasteiger partial charge is 0.231 e. The lowest BCUT2D eigenvalue weighted by Gasteiger charge is -2.06. The molecule has 3 rings (SSSR count). The first-order chi connectivity index (χ1) is 9.36. The third-order valence-corrected chi connectivity index (χ3v) is 3.58. The van der Waals surface area contributed by atoms with Crippen LogP contribution in [0.2, 0.25) is 0 Å². The van der Waals surface area contributed by atoms with Crippen LogP contribution in [0.15, 0.2) is 42.0 Å². The molecule has 2 heterocycles. The zero-order valence-electron chi connectivity index (χ0n) is 10.1. The highest BCUT2D eigenvalue weighted by Crippen LogP contribution is 2.29. The van der Waals surface area contributed by atoms with Crippen LogP contribution in [0.3, 0.4) is 0 Å². The van der Waals surface area contributed by atoms with Crippen molar-refractivity contribution in [1.82, 2.24) is 9.97 Å². The van der Waals surface area contributed by atoms with Crippen molar-refractivity contribution < 1.29 is 9.84 Å². The topological polar surface area (TPSA) is 55.2 Å². The average Bonchev–Trinajstić information content (AvgIpc) is 2.91. The molecule has 5 heteroatoms. The summed E-state index contributed by atoms with van der Waals surface area (Å²) in [5, 5.41) is 11.8. The molecule has 19 heavy (non-hydrogen) atoms. The Morgan fingerprint density at radius 3 is 2.74 bits per heavy atom. The Kier molecular flexibility index (Phi) is 3.39. The van der Waals surface area contributed by atoms with E-state index in [2.05, 4.69) is 9.97 Å². The monoisotopic (exact) mass is 272 g/mol. The molecule has 0 atom stereocenters. The summed E-state index contributed by atoms with van der Waals surface area (Å²) in [4.78, 5) is 9.27. The first kappa shape index (κ1) is 12.1. The van der Waals surface area contributed by atoms with Crippen molar-refractivity contribution in [2.75, 3.05) is 6.61 Å². The summed E-state index contributed by atoms with van der Waals surface area (Å²) < 4.78 is 5.78. The SMILES string of the molecule is OCCc1ccc(Oc2ncnc3sccc23)cc1. The van der Waals surface area contributed by atoms with Crippen LogP contribution in [0.1, 0.15) is 5.56 Å². The number of hydrogen-bond acceptors (Lipinski definition) is 5. The van der Waals surface area contributed by atoms with Gasteiger partial charge in [0.25, 0.3) is 0 Å². The van der Waals surface area contributed by atoms with E-state index < -0.39 is 0 Å². The minimum atomic E-state index is 0.154. The van der Waals surface area contributed by atoms with Crippen LogP contribution in [-0.4, -0.2) is 21.7 Å². The molecule has 3 aromatic rings. The number of ether oxygens (including phenoxy) is 1. The van der Waals surface area contributed by atoms with E-state index in [1.165, 1.54) is 6.33 Å². The van der Waals surface area contributed by atoms with E-state index in [-0.39, 0.29) is 6.61 Å². The fraction of sp³-hybridized carbons (Fsp3) is 0.143. The highest BCUT2D eigenvalue weighted by atomic mass is 32.1. The Morgan fingerprint density at radius 1 is 1.11 bits per heavy atom. The minimum Gasteiger partial charge on any atom is -0.438 e. The molecule has 0 fully saturated rings. The largest absolute Gasteiger partial charge is 0.438 e. The normalized spacial score (nSPS) is 10.8. The number of fused-ring (bicyclic) bond motifs is 1. The molecule has 0 amide bonds. The fourth-order valence-electron chi connectivity index (χ4n) is 1.81. The molecule has 0 unspecified atom stereocenters. The summed E-state index contributed by atoms with van der Waals surface area (Å²) >= 11 is 1.56. The lowest BCUT2D eigenvalue weighted by Crippen LogP contribution is -1.92. The molecule has 0 saturated heterocycles. The van der Waals surface area contributed by atoms with Crippen LogP contribution in [0, 0.1) is 0 Å². The lowest BCUT2D eigenvalue weighted by atomic mass is 10.1. The lowest BCUT2D eigenvalue weighted by molar-refractivity contribution is 0.299. The molecule has 0 spiro atoms. The third-order valence-electron chi connectivity index (χ3n) is 2.76. The molecule has 1 aromatic carbocycles. The van der Waals surface area contributed by atoms with E-state index >= 15 is 0 Å². The van der Waals surface area contributed by atoms with Gasteiger partial charge in [0.1, 0.15) is 16.9 Å². The number of aliphatic hydroxyl groups is 1. The van der Waals surface area contributed by atoms with E-state index in [4.69, 9.17) is 9.84 Å². The quantitative estimate of drug-likeness (QED) is 0.793. The molecule has 96 valence electrons. The summed E-state index contributed by atoms with van der Waals surface area (Å²) in [7, 11) is 0. The van der Waals surface area contributed by atoms with Crippen molar-refractivity contribution in [3.63, 3.8) is 0 Å². The maximum Gasteiger partial charge on any atom is 0.231 e. The molecule has 0 radical (unpaired) electrons. The second-order valence-electron chi connectivity index (χ2n) is 4.04. The minimum absolute atomic E-state index is 0.154. The third kappa shape index (κ3) is 2.57. The molecule has 0 bridgehead atoms. The van der Waals surface area contributed by atoms with Gasteiger partial charge in [-0.25, -0.2) is 9.97 Å². The summed E-state index contributed by atoms with van der Waals surface area (Å²) in [5.41, 5.74) is 1.08. The van der Waals surface area contributed by atoms with Gasteiger partial charge in [-0.3, -0.25) is 0 Å². The number of benzene rings is 1. The van der Waals surface area contributed by atoms with E-state index in [1.54, 1.807) is 11.3 Å². The second kappa shape index (κ2) is 5.34. The first-order valence-electron chi connectivity index (χ1n) is 5.92. The molecule has 4 nitrogen and oxygen atoms in total. The van der Waals surface area contributed by atoms with Gasteiger partial charge in [0.15, 0.2) is 0 Å². The molecular weight excluding hydrogens is 260 g/mol. The second-order valence-corrected chi connectivity index (χ2v) is 4.93. The van der Waals surface area contributed by atoms with Gasteiger partial charge in [-0.05, 0) is 35.6 Å². The standard InChI is InChI=1S/C14H12N2O2S/c17-7-5-10-1-3-11(4-2-10)18-13-12-6-8-19-14(12)16-9-15-13/h1-4,6,8-9,17H,5,7H2. The highest BCUT2D eigenvalue weighted by molar-refractivity contribution is 7.16. The van der Waals surface area contributed by atoms with Gasteiger partial charge in [0.05, 0.1) is 5.39 Å². The molecule has 2 aromatic heterocycles. The zero-order chi connectivity index (χ0) is 13.1. The molecule has 0 aliphatic heterocycles. The molecule has 1 N–H and O–H groups in total. The predicted octanol–water partition coefficient (Wildman–Crippen LogP) is 3.02. The van der Waals surface area contributed by atoms with Crippen molar-refractivity contribution in [1.29, 1.82) is 0 Å². The summed E-state index contributed by atoms with van der Waals surface area (Å²) in [6.07, 6.45) is 2.16. The summed E-state index contributed by atoms with van der Waals surface area (Å²) in [6.45, 7) is 0.154. The van der Waals surface area contributed by atoms with Crippen molar-refractivity contribution in [2.45, 2.75) is 6.42 Å². The van der Waals surface area contributed by atoms with Gasteiger partial charge >= 0.3 is 0 Å². The van der Waals surface area contributed by atoms with Crippen molar-refractivity contribution in [3.8, 4) is 11.6 Å². The number of aromatic nitrogens is 2. The van der Waals surface area contributed by atoms with E-state index in [9.17, 15) is 0 Å². The Balaban J connectivity index is 1.86. The van der Waals surface area contributed by atoms with Gasteiger partial charge in [-0.2, -0.15) is 0 Å². The van der Waals surface area contributed by atoms with Crippen LogP contribution in [0.25, 0.3) is 10.2 Å². The summed E-state index contributed by atoms with van der Waals surface area (Å²) in [5.74, 6) is 1.30. The zero-order valence-corrected chi connectivity index (χ0v) is 10.9. The molecule has 0 aliphatic rings. The highest BCUT2D eigenvalue weighted by Gasteiger charge is 2.06. The Hall–Kier alpha value is -1.98. The first-order valence-corrected chi connectivity index (χ1v) is 6.80. The van der Waals surface area contributed by atoms with Gasteiger partial charge in [0.2, 0.25) is 5.88 Å². The van der Waals surface area contributed by atoms with Gasteiger partial charge in [-0.15, -0.1) is 11.3 Å². The average molecular weight is 272 g/mol. The number of thiophene rings is 1. The molecule has 0 aliphatic carbocycles. The van der Waals surface area contributed by atoms with Crippen LogP contribution in [-0.2, 0) is 6.42 Å². The predicted molar refractivity (Wildman–Crippen MR) is 74.7 cm³/mol. The molecular formula is C14H12N2O2S.